The highest BCUT2D eigenvalue weighted by Crippen LogP contribution is 2.36. The average Bonchev–Trinajstić information content (AvgIpc) is 2.74. The van der Waals surface area contributed by atoms with Gasteiger partial charge in [-0.25, -0.2) is 4.79 Å². The molecule has 0 aromatic heterocycles. The van der Waals surface area contributed by atoms with Crippen LogP contribution >= 0.6 is 50.3 Å². The Balaban J connectivity index is 2.28. The molecule has 0 saturated carbocycles. The van der Waals surface area contributed by atoms with E-state index in [0.29, 0.717) is 19.4 Å². The summed E-state index contributed by atoms with van der Waals surface area (Å²) in [5, 5.41) is 8.28. The largest absolute Gasteiger partial charge is 0.480 e. The first kappa shape index (κ1) is 18.8. The number of carbonyl (C=O) groups is 3. The Bertz CT molecular complexity index is 779. The van der Waals surface area contributed by atoms with E-state index in [1.165, 1.54) is 0 Å². The smallest absolute Gasteiger partial charge is 0.341 e. The Kier molecular flexibility index (Phi) is 6.31. The van der Waals surface area contributed by atoms with E-state index in [1.54, 1.807) is 18.2 Å². The Hall–Kier alpha value is -1.51. The molecule has 0 radical (unpaired) electrons. The Morgan fingerprint density at radius 1 is 1.50 bits per heavy atom. The molecule has 124 valence electrons. The highest BCUT2D eigenvalue weighted by molar-refractivity contribution is 14.1. The normalized spacial score (nSPS) is 15.7. The number of terminal acetylenes is 1. The monoisotopic (exact) mass is 521 g/mol. The van der Waals surface area contributed by atoms with E-state index >= 15 is 0 Å². The average molecular weight is 522 g/mol. The van der Waals surface area contributed by atoms with Crippen LogP contribution in [0.1, 0.15) is 5.56 Å². The number of amides is 2. The SMILES string of the molecule is C#CCN1C(=O)S/C(=C/c2cc(Br)c(OCC(=O)O)c(I)c2)C1=O. The number of carboxylic acids is 1. The summed E-state index contributed by atoms with van der Waals surface area (Å²) >= 11 is 6.14. The summed E-state index contributed by atoms with van der Waals surface area (Å²) in [6.45, 7) is -0.524. The van der Waals surface area contributed by atoms with Gasteiger partial charge in [0, 0.05) is 0 Å². The molecule has 1 fully saturated rings. The second-order valence-corrected chi connectivity index (χ2v) is 7.48. The van der Waals surface area contributed by atoms with E-state index in [9.17, 15) is 14.4 Å². The van der Waals surface area contributed by atoms with Crippen molar-refractivity contribution in [2.45, 2.75) is 0 Å². The lowest BCUT2D eigenvalue weighted by Gasteiger charge is -2.10. The zero-order valence-electron chi connectivity index (χ0n) is 11.9. The predicted octanol–water partition coefficient (Wildman–Crippen LogP) is 3.19. The van der Waals surface area contributed by atoms with Crippen molar-refractivity contribution >= 4 is 73.5 Å². The number of carbonyl (C=O) groups excluding carboxylic acids is 2. The van der Waals surface area contributed by atoms with Crippen LogP contribution in [-0.2, 0) is 9.59 Å². The van der Waals surface area contributed by atoms with Gasteiger partial charge in [0.25, 0.3) is 11.1 Å². The van der Waals surface area contributed by atoms with Gasteiger partial charge in [0.2, 0.25) is 0 Å². The van der Waals surface area contributed by atoms with Crippen molar-refractivity contribution in [3.8, 4) is 18.1 Å². The molecular formula is C15H9BrINO5S. The zero-order valence-corrected chi connectivity index (χ0v) is 16.5. The standard InChI is InChI=1S/C15H9BrINO5S/c1-2-3-18-14(21)11(24-15(18)22)6-8-4-9(16)13(10(17)5-8)23-7-12(19)20/h1,4-6H,3,7H2,(H,19,20)/b11-6+. The number of carboxylic acid groups (broad SMARTS) is 1. The maximum atomic E-state index is 12.1. The van der Waals surface area contributed by atoms with Gasteiger partial charge in [0.1, 0.15) is 5.75 Å². The van der Waals surface area contributed by atoms with Crippen LogP contribution in [0.25, 0.3) is 6.08 Å². The highest BCUT2D eigenvalue weighted by Gasteiger charge is 2.34. The first-order valence-corrected chi connectivity index (χ1v) is 9.04. The van der Waals surface area contributed by atoms with Crippen molar-refractivity contribution in [1.29, 1.82) is 0 Å². The third kappa shape index (κ3) is 4.31. The van der Waals surface area contributed by atoms with E-state index < -0.39 is 23.7 Å². The summed E-state index contributed by atoms with van der Waals surface area (Å²) in [4.78, 5) is 35.8. The van der Waals surface area contributed by atoms with Gasteiger partial charge in [0.05, 0.1) is 19.5 Å². The molecule has 1 aromatic carbocycles. The Morgan fingerprint density at radius 2 is 2.21 bits per heavy atom. The number of imide groups is 1. The van der Waals surface area contributed by atoms with Gasteiger partial charge in [-0.3, -0.25) is 14.5 Å². The van der Waals surface area contributed by atoms with Crippen molar-refractivity contribution in [1.82, 2.24) is 4.90 Å². The minimum absolute atomic E-state index is 0.0643. The third-order valence-corrected chi connectivity index (χ3v) is 5.08. The topological polar surface area (TPSA) is 83.9 Å². The molecule has 1 heterocycles. The lowest BCUT2D eigenvalue weighted by atomic mass is 10.2. The second kappa shape index (κ2) is 8.04. The van der Waals surface area contributed by atoms with Crippen molar-refractivity contribution < 1.29 is 24.2 Å². The molecule has 24 heavy (non-hydrogen) atoms. The maximum Gasteiger partial charge on any atom is 0.341 e. The van der Waals surface area contributed by atoms with Crippen LogP contribution in [0.4, 0.5) is 4.79 Å². The molecule has 2 rings (SSSR count). The van der Waals surface area contributed by atoms with Gasteiger partial charge in [-0.1, -0.05) is 5.92 Å². The summed E-state index contributed by atoms with van der Waals surface area (Å²) in [7, 11) is 0. The van der Waals surface area contributed by atoms with Crippen LogP contribution < -0.4 is 4.74 Å². The minimum Gasteiger partial charge on any atom is -0.480 e. The fourth-order valence-electron chi connectivity index (χ4n) is 1.81. The van der Waals surface area contributed by atoms with E-state index in [-0.39, 0.29) is 11.4 Å². The molecule has 9 heteroatoms. The van der Waals surface area contributed by atoms with Crippen LogP contribution in [0.3, 0.4) is 0 Å². The molecule has 0 unspecified atom stereocenters. The minimum atomic E-state index is -1.08. The molecule has 0 atom stereocenters. The van der Waals surface area contributed by atoms with Crippen molar-refractivity contribution in [2.24, 2.45) is 0 Å². The van der Waals surface area contributed by atoms with E-state index in [4.69, 9.17) is 16.3 Å². The molecule has 0 aliphatic carbocycles. The molecule has 1 aromatic rings. The molecular weight excluding hydrogens is 513 g/mol. The first-order chi connectivity index (χ1) is 11.3. The zero-order chi connectivity index (χ0) is 17.9. The Morgan fingerprint density at radius 3 is 2.79 bits per heavy atom. The Labute approximate surface area is 163 Å². The summed E-state index contributed by atoms with van der Waals surface area (Å²) < 4.78 is 6.42. The van der Waals surface area contributed by atoms with Gasteiger partial charge >= 0.3 is 5.97 Å². The van der Waals surface area contributed by atoms with Gasteiger partial charge in [-0.05, 0) is 74.1 Å². The van der Waals surface area contributed by atoms with Crippen LogP contribution in [-0.4, -0.2) is 40.3 Å². The molecule has 1 aliphatic heterocycles. The fraction of sp³-hybridized carbons (Fsp3) is 0.133. The highest BCUT2D eigenvalue weighted by atomic mass is 127. The van der Waals surface area contributed by atoms with Gasteiger partial charge < -0.3 is 9.84 Å². The predicted molar refractivity (Wildman–Crippen MR) is 101 cm³/mol. The van der Waals surface area contributed by atoms with Crippen molar-refractivity contribution in [3.63, 3.8) is 0 Å². The van der Waals surface area contributed by atoms with Crippen LogP contribution in [0, 0.1) is 15.9 Å². The summed E-state index contributed by atoms with van der Waals surface area (Å²) in [5.41, 5.74) is 0.667. The number of benzene rings is 1. The molecule has 2 amide bonds. The third-order valence-electron chi connectivity index (χ3n) is 2.78. The van der Waals surface area contributed by atoms with Crippen LogP contribution in [0.2, 0.25) is 0 Å². The summed E-state index contributed by atoms with van der Waals surface area (Å²) in [6, 6.07) is 3.40. The number of hydrogen-bond donors (Lipinski definition) is 1. The van der Waals surface area contributed by atoms with Gasteiger partial charge in [0.15, 0.2) is 6.61 Å². The number of thioether (sulfide) groups is 1. The van der Waals surface area contributed by atoms with E-state index in [1.807, 2.05) is 22.6 Å². The van der Waals surface area contributed by atoms with Crippen molar-refractivity contribution in [2.75, 3.05) is 13.2 Å². The lowest BCUT2D eigenvalue weighted by Crippen LogP contribution is -2.28. The van der Waals surface area contributed by atoms with Gasteiger partial charge in [-0.15, -0.1) is 6.42 Å². The maximum absolute atomic E-state index is 12.1. The molecule has 1 saturated heterocycles. The summed E-state index contributed by atoms with van der Waals surface area (Å²) in [6.07, 6.45) is 6.73. The quantitative estimate of drug-likeness (QED) is 0.364. The molecule has 6 nitrogen and oxygen atoms in total. The van der Waals surface area contributed by atoms with E-state index in [2.05, 4.69) is 21.9 Å². The summed E-state index contributed by atoms with van der Waals surface area (Å²) in [5.74, 6) is 1.16. The molecule has 0 spiro atoms. The molecule has 1 N–H and O–H groups in total. The number of aliphatic carboxylic acids is 1. The fourth-order valence-corrected chi connectivity index (χ4v) is 4.42. The molecule has 1 aliphatic rings. The second-order valence-electron chi connectivity index (χ2n) is 4.47. The number of nitrogens with zero attached hydrogens (tertiary/aromatic N) is 1. The van der Waals surface area contributed by atoms with Crippen LogP contribution in [0.5, 0.6) is 5.75 Å². The lowest BCUT2D eigenvalue weighted by molar-refractivity contribution is -0.139. The van der Waals surface area contributed by atoms with E-state index in [0.717, 1.165) is 16.7 Å². The number of rotatable bonds is 5. The number of hydrogen-bond acceptors (Lipinski definition) is 5. The molecule has 0 bridgehead atoms. The first-order valence-electron chi connectivity index (χ1n) is 6.36. The number of halogens is 2. The number of ether oxygens (including phenoxy) is 1. The van der Waals surface area contributed by atoms with Crippen LogP contribution in [0.15, 0.2) is 21.5 Å². The van der Waals surface area contributed by atoms with Crippen molar-refractivity contribution in [3.05, 3.63) is 30.6 Å². The van der Waals surface area contributed by atoms with Gasteiger partial charge in [-0.2, -0.15) is 0 Å².